The summed E-state index contributed by atoms with van der Waals surface area (Å²) in [6.07, 6.45) is -0.915. The zero-order chi connectivity index (χ0) is 24.1. The highest BCUT2D eigenvalue weighted by molar-refractivity contribution is 6.10. The molecule has 0 spiro atoms. The van der Waals surface area contributed by atoms with Gasteiger partial charge >= 0.3 is 5.97 Å². The van der Waals surface area contributed by atoms with Crippen LogP contribution in [0.3, 0.4) is 0 Å². The molecular formula is C24H26FN3O5. The van der Waals surface area contributed by atoms with Crippen molar-refractivity contribution >= 4 is 46.3 Å². The first-order chi connectivity index (χ1) is 15.7. The Bertz CT molecular complexity index is 1030. The topological polar surface area (TPSA) is 116 Å². The highest BCUT2D eigenvalue weighted by Crippen LogP contribution is 2.43. The maximum absolute atomic E-state index is 13.5. The highest BCUT2D eigenvalue weighted by atomic mass is 19.1. The SMILES string of the molecule is CC(C)C(CC(=O)N1c2ccccc2Nc2ccccc21)C(=O)NC(CC(=O)O)C(=O)CF. The largest absolute Gasteiger partial charge is 0.481 e. The summed E-state index contributed by atoms with van der Waals surface area (Å²) in [5, 5.41) is 14.6. The maximum atomic E-state index is 13.5. The first-order valence-corrected chi connectivity index (χ1v) is 10.6. The lowest BCUT2D eigenvalue weighted by Crippen LogP contribution is -2.47. The number of amides is 2. The van der Waals surface area contributed by atoms with Crippen molar-refractivity contribution in [1.82, 2.24) is 5.32 Å². The third-order valence-corrected chi connectivity index (χ3v) is 5.56. The predicted molar refractivity (Wildman–Crippen MR) is 121 cm³/mol. The van der Waals surface area contributed by atoms with Gasteiger partial charge in [-0.15, -0.1) is 0 Å². The summed E-state index contributed by atoms with van der Waals surface area (Å²) in [7, 11) is 0. The van der Waals surface area contributed by atoms with Crippen LogP contribution < -0.4 is 15.5 Å². The second kappa shape index (κ2) is 10.2. The minimum absolute atomic E-state index is 0.185. The van der Waals surface area contributed by atoms with Crippen LogP contribution in [0.4, 0.5) is 27.1 Å². The van der Waals surface area contributed by atoms with Crippen molar-refractivity contribution in [2.75, 3.05) is 16.9 Å². The van der Waals surface area contributed by atoms with E-state index in [-0.39, 0.29) is 18.2 Å². The van der Waals surface area contributed by atoms with Gasteiger partial charge in [-0.25, -0.2) is 4.39 Å². The minimum atomic E-state index is -1.49. The molecule has 3 N–H and O–H groups in total. The molecule has 2 aromatic carbocycles. The van der Waals surface area contributed by atoms with Crippen molar-refractivity contribution in [2.45, 2.75) is 32.7 Å². The quantitative estimate of drug-likeness (QED) is 0.532. The number of hydrogen-bond acceptors (Lipinski definition) is 5. The number of carbonyl (C=O) groups excluding carboxylic acids is 3. The lowest BCUT2D eigenvalue weighted by atomic mass is 9.90. The standard InChI is InChI=1S/C24H26FN3O5/c1-14(2)15(24(33)27-18(12-23(31)32)21(29)13-25)11-22(30)28-19-9-5-3-7-16(19)26-17-8-4-6-10-20(17)28/h3-10,14-15,18,26H,11-13H2,1-2H3,(H,27,33)(H,31,32). The molecule has 2 aromatic rings. The summed E-state index contributed by atoms with van der Waals surface area (Å²) in [6, 6.07) is 13.1. The van der Waals surface area contributed by atoms with Gasteiger partial charge in [-0.05, 0) is 30.2 Å². The Morgan fingerprint density at radius 1 is 0.970 bits per heavy atom. The van der Waals surface area contributed by atoms with E-state index in [1.807, 2.05) is 24.3 Å². The van der Waals surface area contributed by atoms with Crippen LogP contribution in [0.1, 0.15) is 26.7 Å². The third kappa shape index (κ3) is 5.36. The number of ketones is 1. The van der Waals surface area contributed by atoms with Crippen molar-refractivity contribution in [1.29, 1.82) is 0 Å². The Kier molecular flexibility index (Phi) is 7.42. The summed E-state index contributed by atoms with van der Waals surface area (Å²) in [6.45, 7) is 2.11. The Morgan fingerprint density at radius 2 is 1.52 bits per heavy atom. The van der Waals surface area contributed by atoms with Crippen molar-refractivity contribution in [3.8, 4) is 0 Å². The summed E-state index contributed by atoms with van der Waals surface area (Å²) in [4.78, 5) is 50.8. The number of nitrogens with zero attached hydrogens (tertiary/aromatic N) is 1. The van der Waals surface area contributed by atoms with Gasteiger partial charge in [0.05, 0.1) is 29.2 Å². The number of para-hydroxylation sites is 4. The van der Waals surface area contributed by atoms with E-state index in [0.29, 0.717) is 11.4 Å². The number of benzene rings is 2. The fourth-order valence-electron chi connectivity index (χ4n) is 3.79. The smallest absolute Gasteiger partial charge is 0.305 e. The number of aliphatic carboxylic acids is 1. The van der Waals surface area contributed by atoms with Gasteiger partial charge < -0.3 is 15.7 Å². The molecule has 33 heavy (non-hydrogen) atoms. The van der Waals surface area contributed by atoms with Gasteiger partial charge in [0.2, 0.25) is 11.8 Å². The number of nitrogens with one attached hydrogen (secondary N) is 2. The number of carboxylic acid groups (broad SMARTS) is 1. The third-order valence-electron chi connectivity index (χ3n) is 5.56. The number of anilines is 4. The number of fused-ring (bicyclic) bond motifs is 2. The van der Waals surface area contributed by atoms with E-state index in [1.54, 1.807) is 43.0 Å². The molecule has 174 valence electrons. The van der Waals surface area contributed by atoms with E-state index in [4.69, 9.17) is 5.11 Å². The van der Waals surface area contributed by atoms with Gasteiger partial charge in [0.1, 0.15) is 12.7 Å². The Balaban J connectivity index is 1.86. The van der Waals surface area contributed by atoms with E-state index < -0.39 is 42.7 Å². The fourth-order valence-corrected chi connectivity index (χ4v) is 3.79. The Hall–Kier alpha value is -3.75. The molecule has 8 nitrogen and oxygen atoms in total. The molecule has 0 bridgehead atoms. The van der Waals surface area contributed by atoms with Crippen LogP contribution in [0.25, 0.3) is 0 Å². The average Bonchev–Trinajstić information content (AvgIpc) is 2.79. The van der Waals surface area contributed by atoms with Gasteiger partial charge in [-0.2, -0.15) is 0 Å². The molecule has 0 saturated heterocycles. The molecule has 0 aromatic heterocycles. The van der Waals surface area contributed by atoms with E-state index in [0.717, 1.165) is 11.4 Å². The molecule has 1 heterocycles. The zero-order valence-electron chi connectivity index (χ0n) is 18.4. The molecule has 1 aliphatic heterocycles. The van der Waals surface area contributed by atoms with Gasteiger partial charge in [-0.1, -0.05) is 38.1 Å². The maximum Gasteiger partial charge on any atom is 0.305 e. The average molecular weight is 455 g/mol. The van der Waals surface area contributed by atoms with E-state index >= 15 is 0 Å². The lowest BCUT2D eigenvalue weighted by molar-refractivity contribution is -0.141. The number of rotatable bonds is 9. The molecule has 9 heteroatoms. The van der Waals surface area contributed by atoms with Crippen molar-refractivity contribution in [3.05, 3.63) is 48.5 Å². The van der Waals surface area contributed by atoms with Crippen LogP contribution in [0.15, 0.2) is 48.5 Å². The minimum Gasteiger partial charge on any atom is -0.481 e. The molecule has 0 aliphatic carbocycles. The molecule has 3 rings (SSSR count). The monoisotopic (exact) mass is 455 g/mol. The van der Waals surface area contributed by atoms with Crippen molar-refractivity contribution in [2.24, 2.45) is 11.8 Å². The zero-order valence-corrected chi connectivity index (χ0v) is 18.4. The number of carboxylic acids is 1. The van der Waals surface area contributed by atoms with E-state index in [1.165, 1.54) is 0 Å². The fraction of sp³-hybridized carbons (Fsp3) is 0.333. The van der Waals surface area contributed by atoms with Crippen molar-refractivity contribution < 1.29 is 28.7 Å². The molecule has 0 radical (unpaired) electrons. The second-order valence-electron chi connectivity index (χ2n) is 8.20. The number of Topliss-reactive ketones (excluding diaryl/α,β-unsaturated/α-hetero) is 1. The van der Waals surface area contributed by atoms with Crippen molar-refractivity contribution in [3.63, 3.8) is 0 Å². The second-order valence-corrected chi connectivity index (χ2v) is 8.20. The first-order valence-electron chi connectivity index (χ1n) is 10.6. The van der Waals surface area contributed by atoms with Crippen LogP contribution in [0.2, 0.25) is 0 Å². The van der Waals surface area contributed by atoms with Gasteiger partial charge in [0, 0.05) is 12.3 Å². The van der Waals surface area contributed by atoms with Gasteiger partial charge in [-0.3, -0.25) is 24.1 Å². The molecule has 2 atom stereocenters. The summed E-state index contributed by atoms with van der Waals surface area (Å²) >= 11 is 0. The number of alkyl halides is 1. The van der Waals surface area contributed by atoms with Crippen LogP contribution in [0.5, 0.6) is 0 Å². The lowest BCUT2D eigenvalue weighted by Gasteiger charge is -2.33. The number of halogens is 1. The molecular weight excluding hydrogens is 429 g/mol. The van der Waals surface area contributed by atoms with Gasteiger partial charge in [0.25, 0.3) is 0 Å². The Labute approximate surface area is 190 Å². The molecule has 1 aliphatic rings. The summed E-state index contributed by atoms with van der Waals surface area (Å²) < 4.78 is 12.9. The van der Waals surface area contributed by atoms with Crippen LogP contribution >= 0.6 is 0 Å². The first kappa shape index (κ1) is 23.9. The summed E-state index contributed by atoms with van der Waals surface area (Å²) in [5.74, 6) is -4.51. The van der Waals surface area contributed by atoms with Crippen LogP contribution in [-0.4, -0.2) is 41.4 Å². The number of hydrogen-bond donors (Lipinski definition) is 3. The van der Waals surface area contributed by atoms with Gasteiger partial charge in [0.15, 0.2) is 5.78 Å². The highest BCUT2D eigenvalue weighted by Gasteiger charge is 2.34. The normalized spacial score (nSPS) is 13.9. The van der Waals surface area contributed by atoms with E-state index in [2.05, 4.69) is 10.6 Å². The van der Waals surface area contributed by atoms with Crippen LogP contribution in [0, 0.1) is 11.8 Å². The summed E-state index contributed by atoms with van der Waals surface area (Å²) in [5.41, 5.74) is 2.76. The number of carbonyl (C=O) groups is 4. The molecule has 0 saturated carbocycles. The molecule has 0 fully saturated rings. The Morgan fingerprint density at radius 3 is 2.00 bits per heavy atom. The molecule has 2 amide bonds. The van der Waals surface area contributed by atoms with E-state index in [9.17, 15) is 23.6 Å². The molecule has 2 unspecified atom stereocenters. The predicted octanol–water partition coefficient (Wildman–Crippen LogP) is 3.57. The van der Waals surface area contributed by atoms with Crippen LogP contribution in [-0.2, 0) is 19.2 Å².